The number of halogens is 3. The van der Waals surface area contributed by atoms with Crippen molar-refractivity contribution < 1.29 is 22.6 Å². The summed E-state index contributed by atoms with van der Waals surface area (Å²) in [5.74, 6) is 1.63. The minimum absolute atomic E-state index is 0.300. The van der Waals surface area contributed by atoms with E-state index in [0.717, 1.165) is 25.9 Å². The van der Waals surface area contributed by atoms with E-state index in [9.17, 15) is 13.2 Å². The van der Waals surface area contributed by atoms with E-state index in [4.69, 9.17) is 15.6 Å². The summed E-state index contributed by atoms with van der Waals surface area (Å²) in [6, 6.07) is 5.62. The van der Waals surface area contributed by atoms with Crippen LogP contribution in [-0.4, -0.2) is 66.5 Å². The zero-order valence-corrected chi connectivity index (χ0v) is 19.3. The van der Waals surface area contributed by atoms with Crippen molar-refractivity contribution in [1.82, 2.24) is 19.8 Å². The maximum atomic E-state index is 12.7. The summed E-state index contributed by atoms with van der Waals surface area (Å²) in [6.45, 7) is 4.84. The second-order valence-corrected chi connectivity index (χ2v) is 8.22. The lowest BCUT2D eigenvalue weighted by Crippen LogP contribution is -2.37. The standard InChI is InChI=1S/C22H28F3N7O2/c1-4-30(2)17-18(33-3)21(31-10-8-14(13-26)9-11-31)29-32-19(27-28-20(17)32)15-6-5-7-16(12-15)34-22(23,24)25/h5-7,12,14H,4,8-11,13,26H2,1-3H3. The summed E-state index contributed by atoms with van der Waals surface area (Å²) in [6.07, 6.45) is -2.93. The molecule has 2 aromatic heterocycles. The van der Waals surface area contributed by atoms with E-state index in [1.807, 2.05) is 18.9 Å². The number of aromatic nitrogens is 4. The fraction of sp³-hybridized carbons (Fsp3) is 0.500. The van der Waals surface area contributed by atoms with Crippen LogP contribution in [0.25, 0.3) is 17.0 Å². The van der Waals surface area contributed by atoms with E-state index in [1.165, 1.54) is 18.2 Å². The third-order valence-electron chi connectivity index (χ3n) is 6.10. The van der Waals surface area contributed by atoms with E-state index in [-0.39, 0.29) is 5.75 Å². The lowest BCUT2D eigenvalue weighted by Gasteiger charge is -2.34. The number of alkyl halides is 3. The molecule has 0 unspecified atom stereocenters. The van der Waals surface area contributed by atoms with Crippen LogP contribution in [0.5, 0.6) is 11.5 Å². The molecule has 0 saturated carbocycles. The summed E-state index contributed by atoms with van der Waals surface area (Å²) in [5, 5.41) is 13.4. The first-order valence-corrected chi connectivity index (χ1v) is 11.1. The van der Waals surface area contributed by atoms with Gasteiger partial charge in [-0.15, -0.1) is 28.5 Å². The van der Waals surface area contributed by atoms with E-state index in [1.54, 1.807) is 17.7 Å². The van der Waals surface area contributed by atoms with Gasteiger partial charge in [-0.1, -0.05) is 12.1 Å². The number of ether oxygens (including phenoxy) is 2. The highest BCUT2D eigenvalue weighted by Crippen LogP contribution is 2.41. The zero-order valence-electron chi connectivity index (χ0n) is 19.3. The second-order valence-electron chi connectivity index (χ2n) is 8.22. The topological polar surface area (TPSA) is 94.0 Å². The Morgan fingerprint density at radius 1 is 1.21 bits per heavy atom. The molecule has 3 heterocycles. The molecule has 1 aliphatic rings. The van der Waals surface area contributed by atoms with Crippen LogP contribution in [0.1, 0.15) is 19.8 Å². The molecular formula is C22H28F3N7O2. The molecule has 4 rings (SSSR count). The number of fused-ring (bicyclic) bond motifs is 1. The molecule has 184 valence electrons. The summed E-state index contributed by atoms with van der Waals surface area (Å²) in [5.41, 5.74) is 7.40. The molecular weight excluding hydrogens is 451 g/mol. The Morgan fingerprint density at radius 3 is 2.56 bits per heavy atom. The van der Waals surface area contributed by atoms with E-state index >= 15 is 0 Å². The molecule has 9 nitrogen and oxygen atoms in total. The summed E-state index contributed by atoms with van der Waals surface area (Å²) < 4.78 is 49.7. The highest BCUT2D eigenvalue weighted by molar-refractivity contribution is 5.82. The number of methoxy groups -OCH3 is 1. The van der Waals surface area contributed by atoms with Crippen LogP contribution in [0.4, 0.5) is 24.7 Å². The number of hydrogen-bond donors (Lipinski definition) is 1. The molecule has 34 heavy (non-hydrogen) atoms. The lowest BCUT2D eigenvalue weighted by atomic mass is 9.97. The van der Waals surface area contributed by atoms with Crippen LogP contribution < -0.4 is 25.0 Å². The van der Waals surface area contributed by atoms with Crippen molar-refractivity contribution in [3.63, 3.8) is 0 Å². The molecule has 2 N–H and O–H groups in total. The third kappa shape index (κ3) is 4.67. The molecule has 12 heteroatoms. The first-order chi connectivity index (χ1) is 16.3. The smallest absolute Gasteiger partial charge is 0.491 e. The molecule has 1 aromatic carbocycles. The van der Waals surface area contributed by atoms with E-state index in [2.05, 4.69) is 19.8 Å². The maximum absolute atomic E-state index is 12.7. The lowest BCUT2D eigenvalue weighted by molar-refractivity contribution is -0.274. The fourth-order valence-corrected chi connectivity index (χ4v) is 4.16. The Bertz CT molecular complexity index is 1140. The number of piperidine rings is 1. The number of nitrogens with zero attached hydrogens (tertiary/aromatic N) is 6. The second kappa shape index (κ2) is 9.53. The number of hydrogen-bond acceptors (Lipinski definition) is 8. The molecule has 3 aromatic rings. The van der Waals surface area contributed by atoms with Gasteiger partial charge in [0.15, 0.2) is 17.4 Å². The van der Waals surface area contributed by atoms with E-state index < -0.39 is 6.36 Å². The van der Waals surface area contributed by atoms with Crippen molar-refractivity contribution in [2.75, 3.05) is 50.1 Å². The van der Waals surface area contributed by atoms with Crippen LogP contribution in [0.2, 0.25) is 0 Å². The van der Waals surface area contributed by atoms with Gasteiger partial charge in [-0.05, 0) is 44.4 Å². The molecule has 0 amide bonds. The molecule has 1 aliphatic heterocycles. The Hall–Kier alpha value is -3.28. The summed E-state index contributed by atoms with van der Waals surface area (Å²) in [7, 11) is 3.50. The molecule has 0 atom stereocenters. The van der Waals surface area contributed by atoms with Crippen LogP contribution in [0.3, 0.4) is 0 Å². The molecule has 1 saturated heterocycles. The minimum atomic E-state index is -4.79. The average Bonchev–Trinajstić information content (AvgIpc) is 3.25. The van der Waals surface area contributed by atoms with Gasteiger partial charge in [0.2, 0.25) is 5.65 Å². The predicted octanol–water partition coefficient (Wildman–Crippen LogP) is 3.33. The number of rotatable bonds is 7. The molecule has 0 radical (unpaired) electrons. The largest absolute Gasteiger partial charge is 0.573 e. The van der Waals surface area contributed by atoms with Gasteiger partial charge < -0.3 is 25.0 Å². The number of anilines is 2. The minimum Gasteiger partial charge on any atom is -0.491 e. The van der Waals surface area contributed by atoms with Crippen LogP contribution in [0, 0.1) is 5.92 Å². The molecule has 0 spiro atoms. The van der Waals surface area contributed by atoms with Gasteiger partial charge in [0.25, 0.3) is 0 Å². The van der Waals surface area contributed by atoms with Crippen molar-refractivity contribution in [3.05, 3.63) is 24.3 Å². The number of nitrogens with two attached hydrogens (primary N) is 1. The maximum Gasteiger partial charge on any atom is 0.573 e. The fourth-order valence-electron chi connectivity index (χ4n) is 4.16. The predicted molar refractivity (Wildman–Crippen MR) is 122 cm³/mol. The number of benzene rings is 1. The Kier molecular flexibility index (Phi) is 6.69. The first kappa shape index (κ1) is 23.9. The SMILES string of the molecule is CCN(C)c1c(OC)c(N2CCC(CN)CC2)nn2c(-c3cccc(OC(F)(F)F)c3)nnc12. The highest BCUT2D eigenvalue weighted by atomic mass is 19.4. The molecule has 0 aliphatic carbocycles. The van der Waals surface area contributed by atoms with Gasteiger partial charge in [0.05, 0.1) is 7.11 Å². The zero-order chi connectivity index (χ0) is 24.5. The van der Waals surface area contributed by atoms with Crippen LogP contribution >= 0.6 is 0 Å². The summed E-state index contributed by atoms with van der Waals surface area (Å²) >= 11 is 0. The monoisotopic (exact) mass is 479 g/mol. The van der Waals surface area contributed by atoms with E-state index in [0.29, 0.717) is 53.3 Å². The first-order valence-electron chi connectivity index (χ1n) is 11.1. The van der Waals surface area contributed by atoms with Crippen molar-refractivity contribution in [2.24, 2.45) is 11.7 Å². The van der Waals surface area contributed by atoms with Crippen molar-refractivity contribution in [3.8, 4) is 22.9 Å². The van der Waals surface area contributed by atoms with Crippen molar-refractivity contribution in [2.45, 2.75) is 26.1 Å². The Balaban J connectivity index is 1.86. The van der Waals surface area contributed by atoms with Crippen molar-refractivity contribution in [1.29, 1.82) is 0 Å². The van der Waals surface area contributed by atoms with Crippen LogP contribution in [0.15, 0.2) is 24.3 Å². The third-order valence-corrected chi connectivity index (χ3v) is 6.10. The summed E-state index contributed by atoms with van der Waals surface area (Å²) in [4.78, 5) is 4.12. The highest BCUT2D eigenvalue weighted by Gasteiger charge is 2.32. The average molecular weight is 480 g/mol. The van der Waals surface area contributed by atoms with Gasteiger partial charge in [0, 0.05) is 32.2 Å². The van der Waals surface area contributed by atoms with Gasteiger partial charge in [-0.25, -0.2) is 0 Å². The quantitative estimate of drug-likeness (QED) is 0.552. The van der Waals surface area contributed by atoms with Crippen molar-refractivity contribution >= 4 is 17.2 Å². The normalized spacial score (nSPS) is 15.1. The van der Waals surface area contributed by atoms with Gasteiger partial charge in [0.1, 0.15) is 11.4 Å². The Labute approximate surface area is 195 Å². The molecule has 0 bridgehead atoms. The Morgan fingerprint density at radius 2 is 1.94 bits per heavy atom. The van der Waals surface area contributed by atoms with Gasteiger partial charge >= 0.3 is 6.36 Å². The van der Waals surface area contributed by atoms with Crippen LogP contribution in [-0.2, 0) is 0 Å². The van der Waals surface area contributed by atoms with Gasteiger partial charge in [-0.3, -0.25) is 0 Å². The molecule has 1 fully saturated rings. The van der Waals surface area contributed by atoms with Gasteiger partial charge in [-0.2, -0.15) is 4.52 Å².